The number of benzene rings is 3. The summed E-state index contributed by atoms with van der Waals surface area (Å²) >= 11 is 0. The second-order valence-corrected chi connectivity index (χ2v) is 7.61. The summed E-state index contributed by atoms with van der Waals surface area (Å²) in [5.41, 5.74) is 3.74. The fraction of sp³-hybridized carbons (Fsp3) is 0.154. The van der Waals surface area contributed by atoms with Crippen LogP contribution in [0, 0.1) is 12.7 Å². The zero-order valence-electron chi connectivity index (χ0n) is 17.9. The van der Waals surface area contributed by atoms with Crippen molar-refractivity contribution >= 4 is 23.1 Å². The van der Waals surface area contributed by atoms with Gasteiger partial charge in [-0.05, 0) is 60.9 Å². The molecule has 0 aromatic heterocycles. The molecule has 1 N–H and O–H groups in total. The molecule has 0 radical (unpaired) electrons. The number of hydrogen-bond donors (Lipinski definition) is 1. The average molecular weight is 430 g/mol. The molecule has 3 aromatic carbocycles. The predicted molar refractivity (Wildman–Crippen MR) is 122 cm³/mol. The molecule has 162 valence electrons. The lowest BCUT2D eigenvalue weighted by Gasteiger charge is -2.15. The molecule has 0 atom stereocenters. The minimum atomic E-state index is -0.400. The van der Waals surface area contributed by atoms with Crippen LogP contribution >= 0.6 is 0 Å². The van der Waals surface area contributed by atoms with E-state index in [4.69, 9.17) is 4.74 Å². The molecular weight excluding hydrogens is 407 g/mol. The summed E-state index contributed by atoms with van der Waals surface area (Å²) in [4.78, 5) is 27.8. The maximum absolute atomic E-state index is 13.3. The highest BCUT2D eigenvalue weighted by Gasteiger charge is 2.38. The molecule has 0 saturated carbocycles. The quantitative estimate of drug-likeness (QED) is 0.558. The average Bonchev–Trinajstić information content (AvgIpc) is 3.04. The number of halogens is 1. The lowest BCUT2D eigenvalue weighted by molar-refractivity contribution is -0.136. The first-order valence-corrected chi connectivity index (χ1v) is 10.3. The van der Waals surface area contributed by atoms with Gasteiger partial charge in [0, 0.05) is 12.2 Å². The molecule has 0 saturated heterocycles. The minimum absolute atomic E-state index is 0.195. The number of hydrogen-bond acceptors (Lipinski definition) is 4. The fourth-order valence-corrected chi connectivity index (χ4v) is 3.59. The summed E-state index contributed by atoms with van der Waals surface area (Å²) in [6.07, 6.45) is 0.520. The van der Waals surface area contributed by atoms with Crippen LogP contribution in [0.5, 0.6) is 5.75 Å². The molecule has 0 aliphatic carbocycles. The van der Waals surface area contributed by atoms with Crippen LogP contribution in [0.15, 0.2) is 78.5 Å². The van der Waals surface area contributed by atoms with Gasteiger partial charge in [0.25, 0.3) is 11.8 Å². The van der Waals surface area contributed by atoms with Gasteiger partial charge in [0.2, 0.25) is 0 Å². The molecule has 0 fully saturated rings. The van der Waals surface area contributed by atoms with Gasteiger partial charge in [-0.25, -0.2) is 4.39 Å². The number of carbonyl (C=O) groups is 2. The van der Waals surface area contributed by atoms with E-state index in [1.54, 1.807) is 7.11 Å². The van der Waals surface area contributed by atoms with E-state index in [9.17, 15) is 14.0 Å². The van der Waals surface area contributed by atoms with Crippen molar-refractivity contribution in [1.29, 1.82) is 0 Å². The lowest BCUT2D eigenvalue weighted by Crippen LogP contribution is -2.34. The van der Waals surface area contributed by atoms with E-state index in [0.29, 0.717) is 23.2 Å². The normalized spacial score (nSPS) is 13.7. The molecule has 5 nitrogen and oxygen atoms in total. The molecule has 0 bridgehead atoms. The zero-order valence-corrected chi connectivity index (χ0v) is 17.9. The number of amides is 2. The van der Waals surface area contributed by atoms with Crippen molar-refractivity contribution in [3.05, 3.63) is 101 Å². The molecule has 3 aromatic rings. The largest absolute Gasteiger partial charge is 0.497 e. The molecule has 1 aliphatic heterocycles. The number of nitrogens with zero attached hydrogens (tertiary/aromatic N) is 1. The van der Waals surface area contributed by atoms with Crippen molar-refractivity contribution in [1.82, 2.24) is 4.90 Å². The first kappa shape index (κ1) is 21.3. The highest BCUT2D eigenvalue weighted by atomic mass is 19.1. The summed E-state index contributed by atoms with van der Waals surface area (Å²) in [6.45, 7) is 2.20. The number of carbonyl (C=O) groups excluding carboxylic acids is 2. The summed E-state index contributed by atoms with van der Waals surface area (Å²) in [5.74, 6) is -0.380. The van der Waals surface area contributed by atoms with E-state index in [2.05, 4.69) is 5.32 Å². The third kappa shape index (κ3) is 4.39. The Morgan fingerprint density at radius 2 is 1.53 bits per heavy atom. The second-order valence-electron chi connectivity index (χ2n) is 7.61. The minimum Gasteiger partial charge on any atom is -0.497 e. The van der Waals surface area contributed by atoms with Crippen molar-refractivity contribution in [2.24, 2.45) is 0 Å². The van der Waals surface area contributed by atoms with E-state index in [1.807, 2.05) is 55.5 Å². The molecular formula is C26H23FN2O3. The number of methoxy groups -OCH3 is 1. The topological polar surface area (TPSA) is 58.6 Å². The number of rotatable bonds is 7. The van der Waals surface area contributed by atoms with Crippen molar-refractivity contribution in [3.63, 3.8) is 0 Å². The van der Waals surface area contributed by atoms with Crippen LogP contribution in [0.3, 0.4) is 0 Å². The molecule has 1 heterocycles. The van der Waals surface area contributed by atoms with Gasteiger partial charge < -0.3 is 10.1 Å². The highest BCUT2D eigenvalue weighted by molar-refractivity contribution is 6.36. The number of nitrogens with one attached hydrogen (secondary N) is 1. The maximum Gasteiger partial charge on any atom is 0.278 e. The first-order valence-electron chi connectivity index (χ1n) is 10.3. The summed E-state index contributed by atoms with van der Waals surface area (Å²) in [5, 5.41) is 3.04. The molecule has 0 spiro atoms. The Labute approximate surface area is 186 Å². The SMILES string of the molecule is COc1ccc(CCN2C(=O)C(Nc3ccc(F)cc3)=C(c3ccc(C)cc3)C2=O)cc1. The van der Waals surface area contributed by atoms with Crippen LogP contribution in [0.25, 0.3) is 5.57 Å². The number of imide groups is 1. The predicted octanol–water partition coefficient (Wildman–Crippen LogP) is 4.58. The van der Waals surface area contributed by atoms with Crippen LogP contribution in [0.4, 0.5) is 10.1 Å². The number of aryl methyl sites for hydroxylation is 1. The fourth-order valence-electron chi connectivity index (χ4n) is 3.59. The van der Waals surface area contributed by atoms with Crippen LogP contribution in [0.2, 0.25) is 0 Å². The van der Waals surface area contributed by atoms with Crippen molar-refractivity contribution in [2.45, 2.75) is 13.3 Å². The van der Waals surface area contributed by atoms with Gasteiger partial charge in [-0.3, -0.25) is 14.5 Å². The smallest absolute Gasteiger partial charge is 0.278 e. The van der Waals surface area contributed by atoms with Gasteiger partial charge in [-0.1, -0.05) is 42.0 Å². The summed E-state index contributed by atoms with van der Waals surface area (Å²) < 4.78 is 18.5. The van der Waals surface area contributed by atoms with Gasteiger partial charge in [-0.2, -0.15) is 0 Å². The van der Waals surface area contributed by atoms with Gasteiger partial charge in [0.05, 0.1) is 12.7 Å². The van der Waals surface area contributed by atoms with E-state index < -0.39 is 5.91 Å². The van der Waals surface area contributed by atoms with Gasteiger partial charge in [0.15, 0.2) is 0 Å². The Kier molecular flexibility index (Phi) is 6.03. The van der Waals surface area contributed by atoms with Gasteiger partial charge in [-0.15, -0.1) is 0 Å². The Hall–Kier alpha value is -3.93. The van der Waals surface area contributed by atoms with Crippen LogP contribution < -0.4 is 10.1 Å². The van der Waals surface area contributed by atoms with E-state index in [0.717, 1.165) is 16.9 Å². The lowest BCUT2D eigenvalue weighted by atomic mass is 10.0. The molecule has 0 unspecified atom stereocenters. The zero-order chi connectivity index (χ0) is 22.7. The van der Waals surface area contributed by atoms with E-state index in [1.165, 1.54) is 29.2 Å². The van der Waals surface area contributed by atoms with Crippen molar-refractivity contribution < 1.29 is 18.7 Å². The Morgan fingerprint density at radius 3 is 2.16 bits per heavy atom. The highest BCUT2D eigenvalue weighted by Crippen LogP contribution is 2.31. The number of ether oxygens (including phenoxy) is 1. The van der Waals surface area contributed by atoms with E-state index in [-0.39, 0.29) is 24.0 Å². The van der Waals surface area contributed by atoms with Gasteiger partial charge in [0.1, 0.15) is 17.3 Å². The molecule has 4 rings (SSSR count). The summed E-state index contributed by atoms with van der Waals surface area (Å²) in [6, 6.07) is 20.6. The van der Waals surface area contributed by atoms with Gasteiger partial charge >= 0.3 is 0 Å². The first-order chi connectivity index (χ1) is 15.5. The second kappa shape index (κ2) is 9.06. The monoisotopic (exact) mass is 430 g/mol. The van der Waals surface area contributed by atoms with Crippen LogP contribution in [-0.2, 0) is 16.0 Å². The van der Waals surface area contributed by atoms with Crippen LogP contribution in [0.1, 0.15) is 16.7 Å². The Morgan fingerprint density at radius 1 is 0.875 bits per heavy atom. The molecule has 6 heteroatoms. The van der Waals surface area contributed by atoms with Crippen molar-refractivity contribution in [2.75, 3.05) is 19.0 Å². The third-order valence-electron chi connectivity index (χ3n) is 5.40. The maximum atomic E-state index is 13.3. The molecule has 1 aliphatic rings. The van der Waals surface area contributed by atoms with E-state index >= 15 is 0 Å². The summed E-state index contributed by atoms with van der Waals surface area (Å²) in [7, 11) is 1.60. The van der Waals surface area contributed by atoms with Crippen LogP contribution in [-0.4, -0.2) is 30.4 Å². The number of anilines is 1. The molecule has 32 heavy (non-hydrogen) atoms. The Bertz CT molecular complexity index is 1170. The molecule has 2 amide bonds. The Balaban J connectivity index is 1.62. The standard InChI is InChI=1S/C26H23FN2O3/c1-17-3-7-19(8-4-17)23-24(28-21-11-9-20(27)10-12-21)26(31)29(25(23)30)16-15-18-5-13-22(32-2)14-6-18/h3-14,28H,15-16H2,1-2H3. The third-order valence-corrected chi connectivity index (χ3v) is 5.40. The van der Waals surface area contributed by atoms with Crippen molar-refractivity contribution in [3.8, 4) is 5.75 Å².